The van der Waals surface area contributed by atoms with Crippen LogP contribution in [0.1, 0.15) is 136 Å². The second kappa shape index (κ2) is 17.8. The van der Waals surface area contributed by atoms with Crippen molar-refractivity contribution < 1.29 is 27.9 Å². The van der Waals surface area contributed by atoms with E-state index in [1.807, 2.05) is 0 Å². The van der Waals surface area contributed by atoms with Gasteiger partial charge in [-0.3, -0.25) is 0 Å². The van der Waals surface area contributed by atoms with Gasteiger partial charge in [-0.2, -0.15) is 0 Å². The summed E-state index contributed by atoms with van der Waals surface area (Å²) < 4.78 is 39.4. The van der Waals surface area contributed by atoms with Gasteiger partial charge < -0.3 is 27.9 Å². The fraction of sp³-hybridized carbons (Fsp3) is 1.00. The zero-order valence-electron chi connectivity index (χ0n) is 25.5. The van der Waals surface area contributed by atoms with E-state index in [2.05, 4.69) is 20.8 Å². The van der Waals surface area contributed by atoms with Crippen molar-refractivity contribution in [3.8, 4) is 0 Å². The molecule has 9 heteroatoms. The predicted molar refractivity (Wildman–Crippen MR) is 161 cm³/mol. The number of unbranched alkanes of at least 4 members (excludes halogenated alkanes) is 15. The first kappa shape index (κ1) is 31.9. The van der Waals surface area contributed by atoms with Crippen LogP contribution < -0.4 is 0 Å². The van der Waals surface area contributed by atoms with Crippen LogP contribution in [0.3, 0.4) is 0 Å². The molecule has 4 bridgehead atoms. The van der Waals surface area contributed by atoms with Gasteiger partial charge in [0, 0.05) is 0 Å². The second-order valence-corrected chi connectivity index (χ2v) is 12.6. The largest absolute Gasteiger partial charge is 0.457 e. The standard InChI is InChI=1S/C30H57B3O6/c1-4-7-10-13-16-19-22-31-34-25-26-27(36-31)29-30(39-33(38-29)24-21-18-15-12-9-6-3)28(25)37-32(35-26)23-20-17-14-11-8-5-2/h25-30H,4-24H2,1-3H3/t25-,26-,27-,28-,29-,30+/m1/s1. The summed E-state index contributed by atoms with van der Waals surface area (Å²) in [6.45, 7) is 6.80. The summed E-state index contributed by atoms with van der Waals surface area (Å²) in [6, 6.07) is 0. The highest BCUT2D eigenvalue weighted by Gasteiger charge is 2.65. The molecule has 3 saturated heterocycles. The molecule has 39 heavy (non-hydrogen) atoms. The lowest BCUT2D eigenvalue weighted by Crippen LogP contribution is -2.74. The zero-order valence-corrected chi connectivity index (χ0v) is 25.5. The molecule has 3 heterocycles. The Morgan fingerprint density at radius 2 is 0.513 bits per heavy atom. The van der Waals surface area contributed by atoms with Crippen LogP contribution in [0.4, 0.5) is 0 Å². The maximum Gasteiger partial charge on any atom is 0.457 e. The van der Waals surface area contributed by atoms with Gasteiger partial charge in [-0.05, 0) is 19.0 Å². The van der Waals surface area contributed by atoms with Crippen LogP contribution in [0, 0.1) is 0 Å². The first-order valence-corrected chi connectivity index (χ1v) is 17.2. The monoisotopic (exact) mass is 546 g/mol. The third-order valence-corrected chi connectivity index (χ3v) is 9.18. The van der Waals surface area contributed by atoms with E-state index in [4.69, 9.17) is 27.9 Å². The van der Waals surface area contributed by atoms with Crippen LogP contribution in [0.5, 0.6) is 0 Å². The molecule has 0 aromatic rings. The average Bonchev–Trinajstić information content (AvgIpc) is 3.36. The highest BCUT2D eigenvalue weighted by atomic mass is 16.7. The second-order valence-electron chi connectivity index (χ2n) is 12.6. The smallest absolute Gasteiger partial charge is 0.403 e. The minimum Gasteiger partial charge on any atom is -0.403 e. The van der Waals surface area contributed by atoms with Crippen molar-refractivity contribution in [1.82, 2.24) is 0 Å². The quantitative estimate of drug-likeness (QED) is 0.108. The van der Waals surface area contributed by atoms with Crippen LogP contribution in [-0.4, -0.2) is 58.0 Å². The molecule has 3 aliphatic heterocycles. The van der Waals surface area contributed by atoms with Gasteiger partial charge in [-0.25, -0.2) is 0 Å². The van der Waals surface area contributed by atoms with Crippen molar-refractivity contribution in [2.24, 2.45) is 0 Å². The molecule has 0 aromatic carbocycles. The van der Waals surface area contributed by atoms with Gasteiger partial charge in [0.15, 0.2) is 0 Å². The first-order valence-electron chi connectivity index (χ1n) is 17.2. The number of fused-ring (bicyclic) bond motifs is 3. The minimum atomic E-state index is -0.200. The van der Waals surface area contributed by atoms with Crippen molar-refractivity contribution in [2.45, 2.75) is 192 Å². The SMILES string of the molecule is CCCCCCCCB1O[C@H]2[C@@H]3OB(CCCCCCCC)O[C@H]4[C@@H](OB(CCCCCCCC)O[C@@H]34)[C@H]2O1. The molecule has 0 amide bonds. The van der Waals surface area contributed by atoms with Crippen molar-refractivity contribution >= 4 is 21.4 Å². The number of hydrogen-bond acceptors (Lipinski definition) is 6. The Morgan fingerprint density at radius 1 is 0.308 bits per heavy atom. The van der Waals surface area contributed by atoms with Crippen LogP contribution in [0.2, 0.25) is 19.0 Å². The summed E-state index contributed by atoms with van der Waals surface area (Å²) in [6.07, 6.45) is 24.9. The maximum absolute atomic E-state index is 6.61. The Labute approximate surface area is 241 Å². The van der Waals surface area contributed by atoms with Crippen molar-refractivity contribution in [2.75, 3.05) is 0 Å². The highest BCUT2D eigenvalue weighted by Crippen LogP contribution is 2.44. The fourth-order valence-electron chi connectivity index (χ4n) is 6.88. The van der Waals surface area contributed by atoms with Crippen LogP contribution in [0.25, 0.3) is 0 Å². The molecule has 1 saturated carbocycles. The van der Waals surface area contributed by atoms with E-state index in [0.717, 1.165) is 38.2 Å². The van der Waals surface area contributed by atoms with Gasteiger partial charge in [0.05, 0.1) is 36.6 Å². The molecule has 0 atom stereocenters. The van der Waals surface area contributed by atoms with Gasteiger partial charge in [0.25, 0.3) is 0 Å². The Morgan fingerprint density at radius 3 is 0.744 bits per heavy atom. The molecule has 0 radical (unpaired) electrons. The molecule has 4 aliphatic rings. The molecule has 4 rings (SSSR count). The van der Waals surface area contributed by atoms with Crippen LogP contribution in [0.15, 0.2) is 0 Å². The van der Waals surface area contributed by atoms with Gasteiger partial charge in [0.1, 0.15) is 0 Å². The summed E-state index contributed by atoms with van der Waals surface area (Å²) in [5.74, 6) is 0. The van der Waals surface area contributed by atoms with Crippen LogP contribution >= 0.6 is 0 Å². The molecular weight excluding hydrogens is 489 g/mol. The normalized spacial score (nSPS) is 29.8. The van der Waals surface area contributed by atoms with Gasteiger partial charge >= 0.3 is 21.4 Å². The van der Waals surface area contributed by atoms with Gasteiger partial charge in [-0.1, -0.05) is 136 Å². The summed E-state index contributed by atoms with van der Waals surface area (Å²) in [7, 11) is -0.572. The minimum absolute atomic E-state index is 0.132. The van der Waals surface area contributed by atoms with E-state index in [0.29, 0.717) is 0 Å². The average molecular weight is 546 g/mol. The van der Waals surface area contributed by atoms with E-state index in [1.165, 1.54) is 96.3 Å². The summed E-state index contributed by atoms with van der Waals surface area (Å²) >= 11 is 0. The van der Waals surface area contributed by atoms with E-state index < -0.39 is 0 Å². The summed E-state index contributed by atoms with van der Waals surface area (Å²) in [5, 5.41) is 0. The molecule has 6 nitrogen and oxygen atoms in total. The van der Waals surface area contributed by atoms with Crippen molar-refractivity contribution in [1.29, 1.82) is 0 Å². The molecular formula is C30H57B3O6. The Bertz CT molecular complexity index is 606. The Kier molecular flexibility index (Phi) is 14.6. The zero-order chi connectivity index (χ0) is 27.3. The molecule has 0 N–H and O–H groups in total. The van der Waals surface area contributed by atoms with E-state index in [-0.39, 0.29) is 58.0 Å². The Balaban J connectivity index is 1.30. The number of hydrogen-bond donors (Lipinski definition) is 0. The topological polar surface area (TPSA) is 55.4 Å². The summed E-state index contributed by atoms with van der Waals surface area (Å²) in [4.78, 5) is 0. The molecule has 1 aliphatic carbocycles. The third-order valence-electron chi connectivity index (χ3n) is 9.18. The Hall–Kier alpha value is -0.0452. The number of rotatable bonds is 21. The summed E-state index contributed by atoms with van der Waals surface area (Å²) in [5.41, 5.74) is 0. The molecule has 222 valence electrons. The maximum atomic E-state index is 6.61. The predicted octanol–water partition coefficient (Wildman–Crippen LogP) is 7.90. The fourth-order valence-corrected chi connectivity index (χ4v) is 6.88. The van der Waals surface area contributed by atoms with Gasteiger partial charge in [-0.15, -0.1) is 0 Å². The molecule has 0 unspecified atom stereocenters. The molecule has 0 aromatic heterocycles. The lowest BCUT2D eigenvalue weighted by atomic mass is 9.70. The lowest BCUT2D eigenvalue weighted by molar-refractivity contribution is -0.230. The van der Waals surface area contributed by atoms with E-state index in [1.54, 1.807) is 0 Å². The highest BCUT2D eigenvalue weighted by molar-refractivity contribution is 6.47. The van der Waals surface area contributed by atoms with E-state index in [9.17, 15) is 0 Å². The molecule has 4 fully saturated rings. The van der Waals surface area contributed by atoms with Crippen molar-refractivity contribution in [3.63, 3.8) is 0 Å². The van der Waals surface area contributed by atoms with Crippen molar-refractivity contribution in [3.05, 3.63) is 0 Å². The lowest BCUT2D eigenvalue weighted by Gasteiger charge is -2.56. The van der Waals surface area contributed by atoms with Gasteiger partial charge in [0.2, 0.25) is 0 Å². The molecule has 0 spiro atoms. The first-order chi connectivity index (χ1) is 19.2. The third kappa shape index (κ3) is 9.48. The van der Waals surface area contributed by atoms with E-state index >= 15 is 0 Å². The van der Waals surface area contributed by atoms with Crippen LogP contribution in [-0.2, 0) is 27.9 Å².